The average Bonchev–Trinajstić information content (AvgIpc) is 2.94. The first-order chi connectivity index (χ1) is 7.90. The Kier molecular flexibility index (Phi) is 2.22. The zero-order chi connectivity index (χ0) is 11.0. The highest BCUT2D eigenvalue weighted by atomic mass is 32.1. The minimum Gasteiger partial charge on any atom is -0.293 e. The Hall–Kier alpha value is -1.68. The van der Waals surface area contributed by atoms with Gasteiger partial charge in [0, 0.05) is 24.2 Å². The summed E-state index contributed by atoms with van der Waals surface area (Å²) in [6.45, 7) is 2.11. The van der Waals surface area contributed by atoms with Gasteiger partial charge in [0.2, 0.25) is 0 Å². The Morgan fingerprint density at radius 3 is 3.06 bits per heavy atom. The number of imidazole rings is 1. The minimum atomic E-state index is 0.930. The van der Waals surface area contributed by atoms with E-state index in [0.29, 0.717) is 0 Å². The molecule has 0 aliphatic carbocycles. The van der Waals surface area contributed by atoms with Crippen LogP contribution in [-0.4, -0.2) is 13.9 Å². The second kappa shape index (κ2) is 3.72. The third-order valence-electron chi connectivity index (χ3n) is 2.62. The smallest absolute Gasteiger partial charge is 0.129 e. The maximum Gasteiger partial charge on any atom is 0.129 e. The van der Waals surface area contributed by atoms with Crippen LogP contribution in [-0.2, 0) is 6.42 Å². The zero-order valence-corrected chi connectivity index (χ0v) is 9.74. The highest BCUT2D eigenvalue weighted by Gasteiger charge is 2.09. The zero-order valence-electron chi connectivity index (χ0n) is 8.92. The van der Waals surface area contributed by atoms with Crippen LogP contribution in [0, 0.1) is 0 Å². The molecule has 2 aromatic heterocycles. The number of aryl methyl sites for hydroxylation is 1. The van der Waals surface area contributed by atoms with Gasteiger partial charge in [-0.3, -0.25) is 4.57 Å². The van der Waals surface area contributed by atoms with Crippen LogP contribution in [0.4, 0.5) is 0 Å². The van der Waals surface area contributed by atoms with E-state index in [9.17, 15) is 0 Å². The number of nitrogens with zero attached hydrogens (tertiary/aromatic N) is 3. The topological polar surface area (TPSA) is 30.7 Å². The molecule has 0 bridgehead atoms. The molecule has 1 aromatic carbocycles. The molecule has 0 fully saturated rings. The molecule has 0 saturated heterocycles. The van der Waals surface area contributed by atoms with E-state index >= 15 is 0 Å². The molecular weight excluding hydrogens is 218 g/mol. The van der Waals surface area contributed by atoms with E-state index in [4.69, 9.17) is 0 Å². The molecule has 0 saturated carbocycles. The Bertz CT molecular complexity index is 624. The fourth-order valence-corrected chi connectivity index (χ4v) is 2.70. The van der Waals surface area contributed by atoms with Crippen molar-refractivity contribution in [1.29, 1.82) is 0 Å². The van der Waals surface area contributed by atoms with Gasteiger partial charge in [0.25, 0.3) is 0 Å². The summed E-state index contributed by atoms with van der Waals surface area (Å²) in [6, 6.07) is 8.20. The lowest BCUT2D eigenvalue weighted by Crippen LogP contribution is -1.96. The van der Waals surface area contributed by atoms with Gasteiger partial charge in [0.15, 0.2) is 0 Å². The molecule has 4 heteroatoms. The average molecular weight is 229 g/mol. The fraction of sp³-hybridized carbons (Fsp3) is 0.167. The number of fused-ring (bicyclic) bond motifs is 1. The van der Waals surface area contributed by atoms with E-state index in [2.05, 4.69) is 26.9 Å². The number of hydrogen-bond acceptors (Lipinski definition) is 3. The molecule has 0 radical (unpaired) electrons. The molecule has 0 unspecified atom stereocenters. The van der Waals surface area contributed by atoms with Crippen molar-refractivity contribution in [3.63, 3.8) is 0 Å². The summed E-state index contributed by atoms with van der Waals surface area (Å²) in [5.41, 5.74) is 1.05. The Morgan fingerprint density at radius 1 is 1.31 bits per heavy atom. The summed E-state index contributed by atoms with van der Waals surface area (Å²) in [5, 5.41) is 2.35. The fourth-order valence-electron chi connectivity index (χ4n) is 1.83. The molecule has 0 N–H and O–H groups in total. The molecule has 2 heterocycles. The standard InChI is InChI=1S/C12H11N3S/c1-2-11-13-7-8-15(11)12-9-5-3-4-6-10(9)14-16-12/h3-8H,2H2,1H3. The van der Waals surface area contributed by atoms with Crippen LogP contribution < -0.4 is 0 Å². The monoisotopic (exact) mass is 229 g/mol. The molecule has 3 aromatic rings. The van der Waals surface area contributed by atoms with E-state index < -0.39 is 0 Å². The van der Waals surface area contributed by atoms with E-state index in [1.807, 2.05) is 30.6 Å². The number of rotatable bonds is 2. The van der Waals surface area contributed by atoms with Crippen LogP contribution in [0.1, 0.15) is 12.7 Å². The summed E-state index contributed by atoms with van der Waals surface area (Å²) in [7, 11) is 0. The van der Waals surface area contributed by atoms with Crippen molar-refractivity contribution in [2.75, 3.05) is 0 Å². The molecule has 16 heavy (non-hydrogen) atoms. The quantitative estimate of drug-likeness (QED) is 0.676. The lowest BCUT2D eigenvalue weighted by Gasteiger charge is -2.02. The van der Waals surface area contributed by atoms with E-state index in [1.165, 1.54) is 16.9 Å². The summed E-state index contributed by atoms with van der Waals surface area (Å²) in [4.78, 5) is 4.34. The summed E-state index contributed by atoms with van der Waals surface area (Å²) >= 11 is 1.52. The predicted octanol–water partition coefficient (Wildman–Crippen LogP) is 3.04. The van der Waals surface area contributed by atoms with Gasteiger partial charge in [0.05, 0.1) is 5.52 Å². The molecule has 3 nitrogen and oxygen atoms in total. The van der Waals surface area contributed by atoms with Gasteiger partial charge in [-0.1, -0.05) is 19.1 Å². The van der Waals surface area contributed by atoms with Crippen LogP contribution >= 0.6 is 11.5 Å². The first-order valence-corrected chi connectivity index (χ1v) is 6.04. The molecule has 0 atom stereocenters. The highest BCUT2D eigenvalue weighted by molar-refractivity contribution is 7.10. The summed E-state index contributed by atoms with van der Waals surface area (Å²) in [5.74, 6) is 1.08. The normalized spacial score (nSPS) is 11.1. The number of benzene rings is 1. The lowest BCUT2D eigenvalue weighted by molar-refractivity contribution is 0.905. The van der Waals surface area contributed by atoms with Gasteiger partial charge in [-0.2, -0.15) is 4.37 Å². The Balaban J connectivity index is 2.26. The van der Waals surface area contributed by atoms with Crippen molar-refractivity contribution in [3.05, 3.63) is 42.5 Å². The van der Waals surface area contributed by atoms with Gasteiger partial charge in [-0.05, 0) is 23.7 Å². The van der Waals surface area contributed by atoms with Crippen LogP contribution in [0.15, 0.2) is 36.7 Å². The third-order valence-corrected chi connectivity index (χ3v) is 3.49. The highest BCUT2D eigenvalue weighted by Crippen LogP contribution is 2.26. The van der Waals surface area contributed by atoms with Crippen molar-refractivity contribution < 1.29 is 0 Å². The second-order valence-corrected chi connectivity index (χ2v) is 4.32. The third kappa shape index (κ3) is 1.34. The van der Waals surface area contributed by atoms with Crippen LogP contribution in [0.3, 0.4) is 0 Å². The number of aromatic nitrogens is 3. The van der Waals surface area contributed by atoms with Gasteiger partial charge in [0.1, 0.15) is 10.8 Å². The van der Waals surface area contributed by atoms with Crippen molar-refractivity contribution in [2.45, 2.75) is 13.3 Å². The van der Waals surface area contributed by atoms with Crippen molar-refractivity contribution in [1.82, 2.24) is 13.9 Å². The van der Waals surface area contributed by atoms with Gasteiger partial charge >= 0.3 is 0 Å². The van der Waals surface area contributed by atoms with E-state index in [0.717, 1.165) is 22.8 Å². The van der Waals surface area contributed by atoms with E-state index in [-0.39, 0.29) is 0 Å². The first-order valence-electron chi connectivity index (χ1n) is 5.27. The van der Waals surface area contributed by atoms with Crippen molar-refractivity contribution in [2.24, 2.45) is 0 Å². The van der Waals surface area contributed by atoms with Crippen LogP contribution in [0.5, 0.6) is 0 Å². The lowest BCUT2D eigenvalue weighted by atomic mass is 10.2. The predicted molar refractivity (Wildman–Crippen MR) is 66.1 cm³/mol. The Labute approximate surface area is 97.5 Å². The van der Waals surface area contributed by atoms with Crippen LogP contribution in [0.2, 0.25) is 0 Å². The maximum absolute atomic E-state index is 4.44. The van der Waals surface area contributed by atoms with Crippen molar-refractivity contribution >= 4 is 22.4 Å². The minimum absolute atomic E-state index is 0.930. The summed E-state index contributed by atoms with van der Waals surface area (Å²) in [6.07, 6.45) is 4.77. The van der Waals surface area contributed by atoms with E-state index in [1.54, 1.807) is 0 Å². The van der Waals surface area contributed by atoms with Gasteiger partial charge in [-0.25, -0.2) is 4.98 Å². The van der Waals surface area contributed by atoms with Crippen LogP contribution in [0.25, 0.3) is 15.9 Å². The SMILES string of the molecule is CCc1nccn1-c1snc2ccccc12. The molecule has 3 rings (SSSR count). The van der Waals surface area contributed by atoms with Gasteiger partial charge < -0.3 is 0 Å². The van der Waals surface area contributed by atoms with Crippen molar-refractivity contribution in [3.8, 4) is 5.00 Å². The Morgan fingerprint density at radius 2 is 2.19 bits per heavy atom. The molecule has 0 spiro atoms. The molecule has 0 amide bonds. The second-order valence-electron chi connectivity index (χ2n) is 3.57. The largest absolute Gasteiger partial charge is 0.293 e. The first kappa shape index (κ1) is 9.54. The summed E-state index contributed by atoms with van der Waals surface area (Å²) < 4.78 is 6.57. The molecular formula is C12H11N3S. The molecule has 0 aliphatic heterocycles. The molecule has 80 valence electrons. The maximum atomic E-state index is 4.44. The number of hydrogen-bond donors (Lipinski definition) is 0. The molecule has 0 aliphatic rings. The van der Waals surface area contributed by atoms with Gasteiger partial charge in [-0.15, -0.1) is 0 Å².